The number of rotatable bonds is 4. The summed E-state index contributed by atoms with van der Waals surface area (Å²) in [6.45, 7) is 1.74. The zero-order valence-electron chi connectivity index (χ0n) is 12.9. The third kappa shape index (κ3) is 4.15. The van der Waals surface area contributed by atoms with Gasteiger partial charge in [-0.2, -0.15) is 4.98 Å². The summed E-state index contributed by atoms with van der Waals surface area (Å²) in [6, 6.07) is 10.1. The molecule has 0 aliphatic carbocycles. The maximum absolute atomic E-state index is 13.8. The Morgan fingerprint density at radius 1 is 0.920 bits per heavy atom. The van der Waals surface area contributed by atoms with Crippen molar-refractivity contribution in [3.8, 4) is 0 Å². The van der Waals surface area contributed by atoms with Crippen LogP contribution in [0.1, 0.15) is 5.69 Å². The average Bonchev–Trinajstić information content (AvgIpc) is 2.53. The molecule has 3 rings (SSSR count). The minimum Gasteiger partial charge on any atom is -0.335 e. The molecule has 4 nitrogen and oxygen atoms in total. The summed E-state index contributed by atoms with van der Waals surface area (Å²) < 4.78 is 27.6. The van der Waals surface area contributed by atoms with Gasteiger partial charge in [-0.3, -0.25) is 0 Å². The fourth-order valence-electron chi connectivity index (χ4n) is 2.15. The normalized spacial score (nSPS) is 10.6. The van der Waals surface area contributed by atoms with Crippen LogP contribution in [0.25, 0.3) is 0 Å². The molecule has 0 saturated heterocycles. The highest BCUT2D eigenvalue weighted by atomic mass is 35.5. The number of benzene rings is 2. The van der Waals surface area contributed by atoms with Crippen LogP contribution in [-0.4, -0.2) is 9.97 Å². The van der Waals surface area contributed by atoms with Gasteiger partial charge in [-0.25, -0.2) is 13.8 Å². The first-order valence-electron chi connectivity index (χ1n) is 7.21. The van der Waals surface area contributed by atoms with Gasteiger partial charge in [0.25, 0.3) is 0 Å². The molecule has 25 heavy (non-hydrogen) atoms. The van der Waals surface area contributed by atoms with Gasteiger partial charge in [-0.1, -0.05) is 29.3 Å². The summed E-state index contributed by atoms with van der Waals surface area (Å²) in [6.07, 6.45) is 0. The largest absolute Gasteiger partial charge is 0.335 e. The molecule has 1 aromatic heterocycles. The van der Waals surface area contributed by atoms with Crippen molar-refractivity contribution in [2.45, 2.75) is 6.92 Å². The fraction of sp³-hybridized carbons (Fsp3) is 0.0588. The molecular weight excluding hydrogens is 369 g/mol. The van der Waals surface area contributed by atoms with Gasteiger partial charge in [-0.15, -0.1) is 0 Å². The smallest absolute Gasteiger partial charge is 0.229 e. The van der Waals surface area contributed by atoms with E-state index in [1.807, 2.05) is 0 Å². The maximum atomic E-state index is 13.8. The number of halogens is 4. The van der Waals surface area contributed by atoms with Crippen LogP contribution in [-0.2, 0) is 0 Å². The summed E-state index contributed by atoms with van der Waals surface area (Å²) in [5, 5.41) is 6.49. The lowest BCUT2D eigenvalue weighted by Gasteiger charge is -2.12. The molecule has 2 aromatic carbocycles. The summed E-state index contributed by atoms with van der Waals surface area (Å²) in [4.78, 5) is 8.45. The van der Waals surface area contributed by atoms with Crippen LogP contribution in [0, 0.1) is 18.6 Å². The Bertz CT molecular complexity index is 914. The monoisotopic (exact) mass is 380 g/mol. The molecule has 1 heterocycles. The number of hydrogen-bond donors (Lipinski definition) is 2. The highest BCUT2D eigenvalue weighted by molar-refractivity contribution is 6.36. The van der Waals surface area contributed by atoms with E-state index in [1.165, 1.54) is 6.07 Å². The zero-order valence-corrected chi connectivity index (χ0v) is 14.5. The second-order valence-electron chi connectivity index (χ2n) is 5.19. The van der Waals surface area contributed by atoms with Crippen molar-refractivity contribution < 1.29 is 8.78 Å². The van der Waals surface area contributed by atoms with E-state index < -0.39 is 11.6 Å². The third-order valence-electron chi connectivity index (χ3n) is 3.25. The van der Waals surface area contributed by atoms with Crippen molar-refractivity contribution in [1.82, 2.24) is 9.97 Å². The first-order valence-corrected chi connectivity index (χ1v) is 7.97. The summed E-state index contributed by atoms with van der Waals surface area (Å²) in [5.74, 6) is -0.967. The highest BCUT2D eigenvalue weighted by Crippen LogP contribution is 2.28. The van der Waals surface area contributed by atoms with Gasteiger partial charge in [0, 0.05) is 16.8 Å². The van der Waals surface area contributed by atoms with Crippen molar-refractivity contribution in [1.29, 1.82) is 0 Å². The van der Waals surface area contributed by atoms with E-state index >= 15 is 0 Å². The Kier molecular flexibility index (Phi) is 5.01. The predicted octanol–water partition coefficient (Wildman–Crippen LogP) is 5.86. The molecule has 0 bridgehead atoms. The molecule has 128 valence electrons. The number of anilines is 4. The van der Waals surface area contributed by atoms with Gasteiger partial charge in [0.05, 0.1) is 10.7 Å². The number of nitrogens with one attached hydrogen (secondary N) is 2. The Hall–Kier alpha value is -2.44. The van der Waals surface area contributed by atoms with Crippen LogP contribution in [0.15, 0.2) is 42.5 Å². The van der Waals surface area contributed by atoms with Gasteiger partial charge in [0.1, 0.15) is 23.1 Å². The van der Waals surface area contributed by atoms with E-state index in [4.69, 9.17) is 23.2 Å². The van der Waals surface area contributed by atoms with Crippen LogP contribution in [0.4, 0.5) is 31.9 Å². The van der Waals surface area contributed by atoms with Crippen molar-refractivity contribution in [2.24, 2.45) is 0 Å². The van der Waals surface area contributed by atoms with E-state index in [9.17, 15) is 8.78 Å². The van der Waals surface area contributed by atoms with Crippen molar-refractivity contribution in [3.63, 3.8) is 0 Å². The summed E-state index contributed by atoms with van der Waals surface area (Å²) >= 11 is 12.0. The number of aromatic nitrogens is 2. The molecule has 0 saturated carbocycles. The Balaban J connectivity index is 1.90. The molecule has 0 unspecified atom stereocenters. The zero-order chi connectivity index (χ0) is 18.0. The van der Waals surface area contributed by atoms with Gasteiger partial charge >= 0.3 is 0 Å². The van der Waals surface area contributed by atoms with Gasteiger partial charge in [-0.05, 0) is 37.3 Å². The quantitative estimate of drug-likeness (QED) is 0.595. The molecule has 0 fully saturated rings. The Morgan fingerprint density at radius 3 is 2.32 bits per heavy atom. The summed E-state index contributed by atoms with van der Waals surface area (Å²) in [5.41, 5.74) is 0.873. The van der Waals surface area contributed by atoms with Crippen molar-refractivity contribution in [2.75, 3.05) is 10.6 Å². The van der Waals surface area contributed by atoms with Gasteiger partial charge in [0.2, 0.25) is 5.95 Å². The van der Waals surface area contributed by atoms with E-state index in [2.05, 4.69) is 20.6 Å². The molecule has 0 atom stereocenters. The molecule has 8 heteroatoms. The summed E-state index contributed by atoms with van der Waals surface area (Å²) in [7, 11) is 0. The average molecular weight is 381 g/mol. The molecule has 0 amide bonds. The minimum absolute atomic E-state index is 0.225. The van der Waals surface area contributed by atoms with E-state index in [0.717, 1.165) is 12.1 Å². The SMILES string of the molecule is Cc1cc(Nc2c(F)cccc2F)nc(Nc2ccc(Cl)cc2Cl)n1. The predicted molar refractivity (Wildman–Crippen MR) is 96.2 cm³/mol. The second-order valence-corrected chi connectivity index (χ2v) is 6.03. The minimum atomic E-state index is -0.716. The molecule has 0 spiro atoms. The molecule has 0 aliphatic heterocycles. The van der Waals surface area contributed by atoms with E-state index in [0.29, 0.717) is 21.4 Å². The van der Waals surface area contributed by atoms with Crippen LogP contribution in [0.3, 0.4) is 0 Å². The fourth-order valence-corrected chi connectivity index (χ4v) is 2.60. The van der Waals surface area contributed by atoms with Crippen LogP contribution in [0.2, 0.25) is 10.0 Å². The van der Waals surface area contributed by atoms with Crippen LogP contribution < -0.4 is 10.6 Å². The topological polar surface area (TPSA) is 49.8 Å². The highest BCUT2D eigenvalue weighted by Gasteiger charge is 2.11. The van der Waals surface area contributed by atoms with Crippen LogP contribution in [0.5, 0.6) is 0 Å². The molecule has 0 radical (unpaired) electrons. The lowest BCUT2D eigenvalue weighted by Crippen LogP contribution is -2.04. The van der Waals surface area contributed by atoms with E-state index in [-0.39, 0.29) is 17.5 Å². The lowest BCUT2D eigenvalue weighted by atomic mass is 10.3. The molecule has 0 aliphatic rings. The second kappa shape index (κ2) is 7.21. The Morgan fingerprint density at radius 2 is 1.64 bits per heavy atom. The van der Waals surface area contributed by atoms with Crippen molar-refractivity contribution in [3.05, 3.63) is 69.8 Å². The number of aryl methyl sites for hydroxylation is 1. The molecular formula is C17H12Cl2F2N4. The first kappa shape index (κ1) is 17.4. The van der Waals surface area contributed by atoms with E-state index in [1.54, 1.807) is 31.2 Å². The van der Waals surface area contributed by atoms with Crippen molar-refractivity contribution >= 4 is 46.3 Å². The van der Waals surface area contributed by atoms with Gasteiger partial charge < -0.3 is 10.6 Å². The third-order valence-corrected chi connectivity index (χ3v) is 3.80. The number of hydrogen-bond acceptors (Lipinski definition) is 4. The first-order chi connectivity index (χ1) is 11.9. The lowest BCUT2D eigenvalue weighted by molar-refractivity contribution is 0.590. The number of para-hydroxylation sites is 1. The maximum Gasteiger partial charge on any atom is 0.229 e. The standard InChI is InChI=1S/C17H12Cl2F2N4/c1-9-7-15(24-16-12(20)3-2-4-13(16)21)25-17(22-9)23-14-6-5-10(18)8-11(14)19/h2-8H,1H3,(H2,22,23,24,25). The van der Waals surface area contributed by atoms with Crippen LogP contribution >= 0.6 is 23.2 Å². The molecule has 2 N–H and O–H groups in total. The van der Waals surface area contributed by atoms with Gasteiger partial charge in [0.15, 0.2) is 0 Å². The Labute approximate surface area is 152 Å². The number of nitrogens with zero attached hydrogens (tertiary/aromatic N) is 2. The molecule has 3 aromatic rings.